The number of nitrogens with zero attached hydrogens (tertiary/aromatic N) is 2. The van der Waals surface area contributed by atoms with E-state index in [0.29, 0.717) is 6.04 Å². The van der Waals surface area contributed by atoms with E-state index in [4.69, 9.17) is 5.21 Å². The van der Waals surface area contributed by atoms with E-state index in [-0.39, 0.29) is 62.3 Å². The normalized spacial score (nSPS) is 17.3. The Hall–Kier alpha value is 0.956. The fraction of sp³-hybridized carbons (Fsp3) is 1.00. The van der Waals surface area contributed by atoms with E-state index in [9.17, 15) is 0 Å². The van der Waals surface area contributed by atoms with E-state index in [1.54, 1.807) is 0 Å². The minimum absolute atomic E-state index is 0. The molecule has 1 aliphatic rings. The molecule has 0 atom stereocenters. The van der Waals surface area contributed by atoms with Gasteiger partial charge in [-0.25, -0.2) is 0 Å². The van der Waals surface area contributed by atoms with Crippen molar-refractivity contribution in [3.63, 3.8) is 0 Å². The quantitative estimate of drug-likeness (QED) is 0.358. The second-order valence-electron chi connectivity index (χ2n) is 2.50. The summed E-state index contributed by atoms with van der Waals surface area (Å²) in [6.07, 6.45) is 6.00. The summed E-state index contributed by atoms with van der Waals surface area (Å²) in [4.78, 5) is 0. The summed E-state index contributed by atoms with van der Waals surface area (Å²) < 4.78 is 0. The Morgan fingerprint density at radius 1 is 1.00 bits per heavy atom. The third-order valence-corrected chi connectivity index (χ3v) is 1.79. The average molecular weight is 204 g/mol. The van der Waals surface area contributed by atoms with E-state index < -0.39 is 0 Å². The van der Waals surface area contributed by atoms with Crippen LogP contribution in [0.25, 0.3) is 0 Å². The first-order valence-electron chi connectivity index (χ1n) is 3.47. The molecule has 0 aliphatic heterocycles. The minimum atomic E-state index is 0. The second-order valence-corrected chi connectivity index (χ2v) is 2.50. The Bertz CT molecular complexity index is 107. The van der Waals surface area contributed by atoms with Gasteiger partial charge in [-0.05, 0) is 12.8 Å². The molecule has 0 aromatic heterocycles. The molecule has 70 valence electrons. The molecule has 12 heavy (non-hydrogen) atoms. The molecule has 0 unspecified atom stereocenters. The first kappa shape index (κ1) is 18.7. The number of hydrogen-bond donors (Lipinski definition) is 1. The van der Waals surface area contributed by atoms with Gasteiger partial charge in [0.15, 0.2) is 0 Å². The zero-order valence-corrected chi connectivity index (χ0v) is 6.45. The SMILES string of the molecule is O.O.ON=NC1CCCCC1.[KH]. The van der Waals surface area contributed by atoms with E-state index in [1.165, 1.54) is 19.3 Å². The molecule has 1 saturated carbocycles. The Morgan fingerprint density at radius 2 is 1.50 bits per heavy atom. The monoisotopic (exact) mass is 204 g/mol. The standard InChI is InChI=1S/C6H12N2O.K.2H2O.H/c9-8-7-6-4-2-1-3-5-6;;;;/h6H,1-5H2,(H,7,9);;2*1H2;. The van der Waals surface area contributed by atoms with Gasteiger partial charge in [0.05, 0.1) is 6.04 Å². The summed E-state index contributed by atoms with van der Waals surface area (Å²) >= 11 is 0. The molecule has 1 fully saturated rings. The Balaban J connectivity index is -0.000000270. The van der Waals surface area contributed by atoms with Crippen molar-refractivity contribution in [2.45, 2.75) is 38.1 Å². The Kier molecular flexibility index (Phi) is 18.6. The molecule has 5 N–H and O–H groups in total. The van der Waals surface area contributed by atoms with Crippen LogP contribution in [0, 0.1) is 0 Å². The molecule has 0 spiro atoms. The summed E-state index contributed by atoms with van der Waals surface area (Å²) in [6.45, 7) is 0. The maximum atomic E-state index is 8.08. The third-order valence-electron chi connectivity index (χ3n) is 1.79. The van der Waals surface area contributed by atoms with E-state index in [0.717, 1.165) is 12.8 Å². The molecule has 1 aliphatic carbocycles. The van der Waals surface area contributed by atoms with Crippen LogP contribution in [-0.4, -0.2) is 73.6 Å². The Labute approximate surface area is 115 Å². The van der Waals surface area contributed by atoms with Crippen molar-refractivity contribution in [3.05, 3.63) is 0 Å². The first-order chi connectivity index (χ1) is 4.43. The van der Waals surface area contributed by atoms with Crippen molar-refractivity contribution < 1.29 is 16.2 Å². The van der Waals surface area contributed by atoms with Crippen molar-refractivity contribution in [1.82, 2.24) is 0 Å². The molecule has 0 aromatic carbocycles. The summed E-state index contributed by atoms with van der Waals surface area (Å²) in [5, 5.41) is 14.5. The third kappa shape index (κ3) is 7.60. The molecule has 0 heterocycles. The molecular formula is C6H17KN2O3. The summed E-state index contributed by atoms with van der Waals surface area (Å²) in [5.74, 6) is 0. The van der Waals surface area contributed by atoms with Crippen LogP contribution in [0.3, 0.4) is 0 Å². The fourth-order valence-electron chi connectivity index (χ4n) is 1.27. The van der Waals surface area contributed by atoms with Gasteiger partial charge in [0, 0.05) is 5.28 Å². The molecule has 0 bridgehead atoms. The first-order valence-corrected chi connectivity index (χ1v) is 3.47. The predicted octanol–water partition coefficient (Wildman–Crippen LogP) is -0.137. The van der Waals surface area contributed by atoms with Crippen LogP contribution in [0.1, 0.15) is 32.1 Å². The van der Waals surface area contributed by atoms with Crippen LogP contribution < -0.4 is 0 Å². The van der Waals surface area contributed by atoms with E-state index >= 15 is 0 Å². The predicted molar refractivity (Wildman–Crippen MR) is 47.9 cm³/mol. The van der Waals surface area contributed by atoms with Gasteiger partial charge in [-0.3, -0.25) is 0 Å². The van der Waals surface area contributed by atoms with Gasteiger partial charge in [0.25, 0.3) is 0 Å². The summed E-state index contributed by atoms with van der Waals surface area (Å²) in [5.41, 5.74) is 0. The maximum absolute atomic E-state index is 8.08. The van der Waals surface area contributed by atoms with Crippen LogP contribution in [0.15, 0.2) is 10.4 Å². The summed E-state index contributed by atoms with van der Waals surface area (Å²) in [6, 6.07) is 0.309. The van der Waals surface area contributed by atoms with Crippen molar-refractivity contribution in [2.75, 3.05) is 0 Å². The van der Waals surface area contributed by atoms with Crippen molar-refractivity contribution in [1.29, 1.82) is 0 Å². The van der Waals surface area contributed by atoms with Gasteiger partial charge >= 0.3 is 51.4 Å². The molecule has 6 heteroatoms. The van der Waals surface area contributed by atoms with E-state index in [2.05, 4.69) is 10.4 Å². The number of rotatable bonds is 1. The average Bonchev–Trinajstić information content (AvgIpc) is 1.91. The molecule has 5 nitrogen and oxygen atoms in total. The van der Waals surface area contributed by atoms with Crippen LogP contribution in [0.4, 0.5) is 0 Å². The second kappa shape index (κ2) is 12.0. The summed E-state index contributed by atoms with van der Waals surface area (Å²) in [7, 11) is 0. The van der Waals surface area contributed by atoms with Gasteiger partial charge in [0.2, 0.25) is 0 Å². The molecular weight excluding hydrogens is 187 g/mol. The topological polar surface area (TPSA) is 108 Å². The molecule has 0 radical (unpaired) electrons. The van der Waals surface area contributed by atoms with E-state index in [1.807, 2.05) is 0 Å². The molecule has 0 amide bonds. The number of hydrogen-bond acceptors (Lipinski definition) is 2. The van der Waals surface area contributed by atoms with Crippen LogP contribution in [0.2, 0.25) is 0 Å². The van der Waals surface area contributed by atoms with Crippen LogP contribution >= 0.6 is 0 Å². The molecule has 1 rings (SSSR count). The van der Waals surface area contributed by atoms with Gasteiger partial charge in [-0.15, -0.1) is 0 Å². The zero-order valence-electron chi connectivity index (χ0n) is 6.45. The fourth-order valence-corrected chi connectivity index (χ4v) is 1.27. The van der Waals surface area contributed by atoms with Crippen molar-refractivity contribution in [2.24, 2.45) is 10.4 Å². The van der Waals surface area contributed by atoms with Crippen LogP contribution in [-0.2, 0) is 0 Å². The van der Waals surface area contributed by atoms with Gasteiger partial charge in [-0.1, -0.05) is 19.3 Å². The van der Waals surface area contributed by atoms with Crippen LogP contribution in [0.5, 0.6) is 0 Å². The van der Waals surface area contributed by atoms with Gasteiger partial charge in [0.1, 0.15) is 0 Å². The zero-order chi connectivity index (χ0) is 6.53. The Morgan fingerprint density at radius 3 is 1.92 bits per heavy atom. The van der Waals surface area contributed by atoms with Gasteiger partial charge in [-0.2, -0.15) is 5.11 Å². The molecule has 0 aromatic rings. The van der Waals surface area contributed by atoms with Gasteiger partial charge < -0.3 is 16.2 Å². The van der Waals surface area contributed by atoms with Crippen molar-refractivity contribution >= 4 is 51.4 Å². The molecule has 0 saturated heterocycles. The van der Waals surface area contributed by atoms with Crippen molar-refractivity contribution in [3.8, 4) is 0 Å².